The van der Waals surface area contributed by atoms with Crippen molar-refractivity contribution in [2.45, 2.75) is 115 Å². The van der Waals surface area contributed by atoms with Gasteiger partial charge in [0.2, 0.25) is 41.4 Å². The number of amides is 7. The summed E-state index contributed by atoms with van der Waals surface area (Å²) in [6, 6.07) is -0.0646. The highest BCUT2D eigenvalue weighted by molar-refractivity contribution is 5.99. The molecule has 0 spiro atoms. The summed E-state index contributed by atoms with van der Waals surface area (Å²) in [6.45, 7) is 7.49. The highest BCUT2D eigenvalue weighted by Gasteiger charge is 2.44. The molecular weight excluding hydrogens is 692 g/mol. The van der Waals surface area contributed by atoms with Crippen LogP contribution in [0.5, 0.6) is 5.75 Å². The van der Waals surface area contributed by atoms with Crippen molar-refractivity contribution in [3.63, 3.8) is 0 Å². The molecule has 1 aliphatic carbocycles. The normalized spacial score (nSPS) is 16.5. The number of carboxylic acids is 1. The third-order valence-corrected chi connectivity index (χ3v) is 8.92. The van der Waals surface area contributed by atoms with Gasteiger partial charge in [-0.25, -0.2) is 0 Å². The summed E-state index contributed by atoms with van der Waals surface area (Å²) in [5.74, 6) is -7.74. The van der Waals surface area contributed by atoms with Crippen molar-refractivity contribution in [3.8, 4) is 5.75 Å². The summed E-state index contributed by atoms with van der Waals surface area (Å²) in [4.78, 5) is 103. The molecule has 294 valence electrons. The molecule has 0 saturated heterocycles. The van der Waals surface area contributed by atoms with Crippen LogP contribution in [0.15, 0.2) is 24.3 Å². The number of hydrogen-bond acceptors (Lipinski definition) is 10. The molecule has 1 aromatic carbocycles. The number of carbonyl (C=O) groups excluding carboxylic acids is 7. The molecule has 18 heteroatoms. The number of phenolic OH excluding ortho intramolecular Hbond substituents is 1. The van der Waals surface area contributed by atoms with Crippen LogP contribution < -0.4 is 43.4 Å². The summed E-state index contributed by atoms with van der Waals surface area (Å²) < 4.78 is 0. The molecule has 1 saturated carbocycles. The molecule has 18 nitrogen and oxygen atoms in total. The second-order valence-electron chi connectivity index (χ2n) is 14.1. The number of phenols is 1. The average molecular weight is 747 g/mol. The fourth-order valence-electron chi connectivity index (χ4n) is 5.80. The highest BCUT2D eigenvalue weighted by atomic mass is 16.4. The minimum absolute atomic E-state index is 0.0535. The van der Waals surface area contributed by atoms with Gasteiger partial charge in [0.25, 0.3) is 0 Å². The first-order valence-corrected chi connectivity index (χ1v) is 17.6. The number of hydrogen-bond donors (Lipinski definition) is 10. The van der Waals surface area contributed by atoms with E-state index in [9.17, 15) is 48.6 Å². The molecule has 0 aromatic heterocycles. The van der Waals surface area contributed by atoms with Gasteiger partial charge < -0.3 is 53.6 Å². The van der Waals surface area contributed by atoms with Crippen molar-refractivity contribution < 1.29 is 48.6 Å². The number of primary amides is 1. The standard InChI is InChI=1S/C35H54N8O10/c1-18(2)27(32(51)38-17-25(37)45)42-33(52)28(19(3)4)41-31(50)24(16-26(46)47)40-34(53)35(13-7-6-8-14-35)43-29(48)20(5)39-30(49)23(36)15-21-9-11-22(44)12-10-21/h9-12,18-20,23-24,27-28,44H,6-8,13-17,36H2,1-5H3,(H2,37,45)(H,38,51)(H,39,49)(H,40,53)(H,41,50)(H,42,52)(H,43,48)(H,46,47)/t20-,23+,24+,27+,28+/m1/s1. The summed E-state index contributed by atoms with van der Waals surface area (Å²) >= 11 is 0. The number of nitrogens with one attached hydrogen (secondary N) is 6. The smallest absolute Gasteiger partial charge is 0.305 e. The zero-order valence-electron chi connectivity index (χ0n) is 30.8. The van der Waals surface area contributed by atoms with E-state index < -0.39 is 108 Å². The van der Waals surface area contributed by atoms with Crippen molar-refractivity contribution in [2.24, 2.45) is 23.3 Å². The maximum absolute atomic E-state index is 13.9. The van der Waals surface area contributed by atoms with Gasteiger partial charge in [-0.1, -0.05) is 59.1 Å². The number of aliphatic carboxylic acids is 1. The summed E-state index contributed by atoms with van der Waals surface area (Å²) in [5.41, 5.74) is 10.3. The van der Waals surface area contributed by atoms with E-state index >= 15 is 0 Å². The maximum atomic E-state index is 13.9. The Morgan fingerprint density at radius 2 is 1.28 bits per heavy atom. The minimum Gasteiger partial charge on any atom is -0.508 e. The van der Waals surface area contributed by atoms with E-state index in [-0.39, 0.29) is 25.0 Å². The number of nitrogens with two attached hydrogens (primary N) is 2. The van der Waals surface area contributed by atoms with Gasteiger partial charge in [0.1, 0.15) is 35.5 Å². The van der Waals surface area contributed by atoms with E-state index in [4.69, 9.17) is 11.5 Å². The first-order chi connectivity index (χ1) is 24.8. The lowest BCUT2D eigenvalue weighted by atomic mass is 9.80. The van der Waals surface area contributed by atoms with Crippen molar-refractivity contribution >= 4 is 47.3 Å². The molecule has 0 aliphatic heterocycles. The van der Waals surface area contributed by atoms with Crippen LogP contribution in [0.4, 0.5) is 0 Å². The van der Waals surface area contributed by atoms with Crippen molar-refractivity contribution in [1.29, 1.82) is 0 Å². The number of aromatic hydroxyl groups is 1. The molecular formula is C35H54N8O10. The predicted molar refractivity (Wildman–Crippen MR) is 191 cm³/mol. The zero-order valence-corrected chi connectivity index (χ0v) is 30.8. The maximum Gasteiger partial charge on any atom is 0.305 e. The Kier molecular flexibility index (Phi) is 16.7. The molecule has 0 bridgehead atoms. The largest absolute Gasteiger partial charge is 0.508 e. The van der Waals surface area contributed by atoms with E-state index in [1.54, 1.807) is 39.8 Å². The van der Waals surface area contributed by atoms with Crippen LogP contribution in [0.25, 0.3) is 0 Å². The first-order valence-electron chi connectivity index (χ1n) is 17.6. The van der Waals surface area contributed by atoms with Gasteiger partial charge in [-0.05, 0) is 55.7 Å². The van der Waals surface area contributed by atoms with Crippen molar-refractivity contribution in [1.82, 2.24) is 31.9 Å². The quantitative estimate of drug-likeness (QED) is 0.0771. The predicted octanol–water partition coefficient (Wildman–Crippen LogP) is -1.57. The number of rotatable bonds is 19. The molecule has 1 aromatic rings. The van der Waals surface area contributed by atoms with Crippen LogP contribution >= 0.6 is 0 Å². The molecule has 0 unspecified atom stereocenters. The second kappa shape index (κ2) is 20.1. The monoisotopic (exact) mass is 746 g/mol. The molecule has 53 heavy (non-hydrogen) atoms. The van der Waals surface area contributed by atoms with E-state index in [1.165, 1.54) is 19.1 Å². The van der Waals surface area contributed by atoms with Gasteiger partial charge in [0.15, 0.2) is 0 Å². The van der Waals surface area contributed by atoms with Crippen LogP contribution in [0.1, 0.15) is 78.7 Å². The van der Waals surface area contributed by atoms with Gasteiger partial charge >= 0.3 is 5.97 Å². The molecule has 12 N–H and O–H groups in total. The van der Waals surface area contributed by atoms with Gasteiger partial charge in [0, 0.05) is 0 Å². The van der Waals surface area contributed by atoms with E-state index in [0.717, 1.165) is 6.42 Å². The first kappa shape index (κ1) is 43.9. The lowest BCUT2D eigenvalue weighted by Crippen LogP contribution is -2.65. The van der Waals surface area contributed by atoms with Gasteiger partial charge in [-0.15, -0.1) is 0 Å². The van der Waals surface area contributed by atoms with Crippen molar-refractivity contribution in [3.05, 3.63) is 29.8 Å². The lowest BCUT2D eigenvalue weighted by Gasteiger charge is -2.38. The third-order valence-electron chi connectivity index (χ3n) is 8.92. The Morgan fingerprint density at radius 1 is 0.736 bits per heavy atom. The summed E-state index contributed by atoms with van der Waals surface area (Å²) in [7, 11) is 0. The van der Waals surface area contributed by atoms with Gasteiger partial charge in [0.05, 0.1) is 19.0 Å². The fourth-order valence-corrected chi connectivity index (χ4v) is 5.80. The Morgan fingerprint density at radius 3 is 1.81 bits per heavy atom. The Bertz CT molecular complexity index is 1490. The van der Waals surface area contributed by atoms with Crippen molar-refractivity contribution in [2.75, 3.05) is 6.54 Å². The number of carboxylic acid groups (broad SMARTS) is 1. The minimum atomic E-state index is -1.67. The molecule has 0 heterocycles. The number of carbonyl (C=O) groups is 8. The Hall–Kier alpha value is -5.26. The Labute approximate surface area is 308 Å². The van der Waals surface area contributed by atoms with E-state index in [1.807, 2.05) is 0 Å². The molecule has 2 rings (SSSR count). The molecule has 7 amide bonds. The van der Waals surface area contributed by atoms with E-state index in [2.05, 4.69) is 31.9 Å². The van der Waals surface area contributed by atoms with Gasteiger partial charge in [-0.3, -0.25) is 38.4 Å². The van der Waals surface area contributed by atoms with Crippen LogP contribution in [0.2, 0.25) is 0 Å². The van der Waals surface area contributed by atoms with E-state index in [0.29, 0.717) is 18.4 Å². The topological polar surface area (TPSA) is 301 Å². The average Bonchev–Trinajstić information content (AvgIpc) is 3.08. The summed E-state index contributed by atoms with van der Waals surface area (Å²) in [6.07, 6.45) is 1.42. The van der Waals surface area contributed by atoms with Crippen LogP contribution in [0.3, 0.4) is 0 Å². The molecule has 0 radical (unpaired) electrons. The molecule has 5 atom stereocenters. The lowest BCUT2D eigenvalue weighted by molar-refractivity contribution is -0.143. The zero-order chi connectivity index (χ0) is 40.0. The number of benzene rings is 1. The van der Waals surface area contributed by atoms with Crippen LogP contribution in [-0.2, 0) is 44.8 Å². The SMILES string of the molecule is CC(C)[C@H](NC(=O)[C@H](CC(=O)O)NC(=O)C1(NC(=O)[C@@H](C)NC(=O)[C@@H](N)Cc2ccc(O)cc2)CCCCC1)C(=O)N[C@H](C(=O)NCC(N)=O)C(C)C. The fraction of sp³-hybridized carbons (Fsp3) is 0.600. The third kappa shape index (κ3) is 13.7. The van der Waals surface area contributed by atoms with Crippen LogP contribution in [-0.4, -0.2) is 99.8 Å². The highest BCUT2D eigenvalue weighted by Crippen LogP contribution is 2.29. The Balaban J connectivity index is 2.19. The second-order valence-corrected chi connectivity index (χ2v) is 14.1. The summed E-state index contributed by atoms with van der Waals surface area (Å²) in [5, 5.41) is 34.2. The van der Waals surface area contributed by atoms with Gasteiger partial charge in [-0.2, -0.15) is 0 Å². The van der Waals surface area contributed by atoms with Crippen LogP contribution in [0, 0.1) is 11.8 Å². The molecule has 1 fully saturated rings. The molecule has 1 aliphatic rings.